The van der Waals surface area contributed by atoms with Gasteiger partial charge in [-0.2, -0.15) is 0 Å². The van der Waals surface area contributed by atoms with Crippen molar-refractivity contribution in [2.75, 3.05) is 40.5 Å². The van der Waals surface area contributed by atoms with Crippen LogP contribution in [0.5, 0.6) is 5.75 Å². The number of likely N-dealkylation sites (N-methyl/N-ethyl adjacent to an activating group) is 1. The Balaban J connectivity index is 0.000000344. The van der Waals surface area contributed by atoms with E-state index in [0.29, 0.717) is 38.7 Å². The SMILES string of the molecule is C=C(C=O)/C=C(\PC)c1ccc(F)cc1F.CNC1(CC(=O)NC(C)(C)c2cc(C)cc(OC)c2)CN(CC(C)(C)O)C1. The van der Waals surface area contributed by atoms with Gasteiger partial charge in [0.2, 0.25) is 5.91 Å². The maximum absolute atomic E-state index is 13.4. The van der Waals surface area contributed by atoms with Gasteiger partial charge in [0.1, 0.15) is 23.7 Å². The largest absolute Gasteiger partial charge is 0.497 e. The van der Waals surface area contributed by atoms with Crippen LogP contribution in [0.25, 0.3) is 5.31 Å². The molecular formula is C33H46F2N3O4P. The highest BCUT2D eigenvalue weighted by Crippen LogP contribution is 2.33. The third-order valence-corrected chi connectivity index (χ3v) is 8.08. The number of rotatable bonds is 12. The first kappa shape index (κ1) is 36.2. The lowest BCUT2D eigenvalue weighted by Crippen LogP contribution is -2.71. The van der Waals surface area contributed by atoms with Crippen LogP contribution < -0.4 is 15.4 Å². The van der Waals surface area contributed by atoms with E-state index in [2.05, 4.69) is 28.2 Å². The number of aldehydes is 1. The molecule has 0 aliphatic carbocycles. The van der Waals surface area contributed by atoms with Crippen molar-refractivity contribution in [3.8, 4) is 5.75 Å². The third kappa shape index (κ3) is 10.9. The molecule has 0 bridgehead atoms. The van der Waals surface area contributed by atoms with Crippen LogP contribution in [0.15, 0.2) is 54.6 Å². The molecule has 2 aromatic rings. The summed E-state index contributed by atoms with van der Waals surface area (Å²) in [5.41, 5.74) is 1.23. The number of hydrogen-bond acceptors (Lipinski definition) is 6. The van der Waals surface area contributed by atoms with E-state index in [0.717, 1.165) is 36.0 Å². The number of likely N-dealkylation sites (tertiary alicyclic amines) is 1. The minimum absolute atomic E-state index is 0.0118. The molecule has 1 unspecified atom stereocenters. The van der Waals surface area contributed by atoms with Crippen molar-refractivity contribution in [2.45, 2.75) is 57.7 Å². The zero-order valence-corrected chi connectivity index (χ0v) is 27.5. The van der Waals surface area contributed by atoms with Crippen molar-refractivity contribution in [1.82, 2.24) is 15.5 Å². The predicted octanol–water partition coefficient (Wildman–Crippen LogP) is 5.16. The number of aliphatic hydroxyl groups is 1. The highest BCUT2D eigenvalue weighted by molar-refractivity contribution is 7.49. The number of amides is 1. The van der Waals surface area contributed by atoms with E-state index in [1.54, 1.807) is 21.0 Å². The zero-order chi connectivity index (χ0) is 32.6. The lowest BCUT2D eigenvalue weighted by Gasteiger charge is -2.51. The Kier molecular flexibility index (Phi) is 12.8. The highest BCUT2D eigenvalue weighted by atomic mass is 31.1. The summed E-state index contributed by atoms with van der Waals surface area (Å²) in [6.07, 6.45) is 2.52. The highest BCUT2D eigenvalue weighted by Gasteiger charge is 2.44. The number of benzene rings is 2. The van der Waals surface area contributed by atoms with Crippen molar-refractivity contribution in [2.24, 2.45) is 0 Å². The predicted molar refractivity (Wildman–Crippen MR) is 172 cm³/mol. The Morgan fingerprint density at radius 2 is 1.84 bits per heavy atom. The number of nitrogens with zero attached hydrogens (tertiary/aromatic N) is 1. The molecule has 1 atom stereocenters. The molecule has 1 heterocycles. The third-order valence-electron chi connectivity index (χ3n) is 7.12. The van der Waals surface area contributed by atoms with Crippen LogP contribution >= 0.6 is 8.58 Å². The molecule has 1 aliphatic heterocycles. The monoisotopic (exact) mass is 617 g/mol. The number of carbonyl (C=O) groups is 2. The quantitative estimate of drug-likeness (QED) is 0.132. The van der Waals surface area contributed by atoms with Gasteiger partial charge in [-0.1, -0.05) is 21.2 Å². The molecule has 3 rings (SSSR count). The number of hydrogen-bond donors (Lipinski definition) is 3. The summed E-state index contributed by atoms with van der Waals surface area (Å²) in [6.45, 7) is 17.1. The number of carbonyl (C=O) groups excluding carboxylic acids is 2. The number of aryl methyl sites for hydroxylation is 1. The number of ether oxygens (including phenoxy) is 1. The fourth-order valence-corrected chi connectivity index (χ4v) is 5.84. The molecule has 0 aromatic heterocycles. The zero-order valence-electron chi connectivity index (χ0n) is 26.5. The second-order valence-corrected chi connectivity index (χ2v) is 13.2. The smallest absolute Gasteiger partial charge is 0.222 e. The Hall–Kier alpha value is -2.97. The van der Waals surface area contributed by atoms with Gasteiger partial charge in [-0.05, 0) is 95.1 Å². The van der Waals surface area contributed by atoms with Crippen molar-refractivity contribution < 1.29 is 28.2 Å². The minimum atomic E-state index is -0.728. The first-order valence-electron chi connectivity index (χ1n) is 14.1. The molecule has 1 amide bonds. The maximum Gasteiger partial charge on any atom is 0.222 e. The Morgan fingerprint density at radius 1 is 1.19 bits per heavy atom. The lowest BCUT2D eigenvalue weighted by molar-refractivity contribution is -0.127. The molecular weight excluding hydrogens is 571 g/mol. The molecule has 0 saturated carbocycles. The topological polar surface area (TPSA) is 90.9 Å². The first-order chi connectivity index (χ1) is 20.0. The first-order valence-corrected chi connectivity index (χ1v) is 15.6. The van der Waals surface area contributed by atoms with Crippen molar-refractivity contribution in [1.29, 1.82) is 0 Å². The Labute approximate surface area is 256 Å². The molecule has 1 saturated heterocycles. The van der Waals surface area contributed by atoms with Crippen molar-refractivity contribution >= 4 is 26.1 Å². The van der Waals surface area contributed by atoms with Gasteiger partial charge in [0, 0.05) is 43.3 Å². The normalized spacial score (nSPS) is 15.4. The number of allylic oxidation sites excluding steroid dienone is 2. The van der Waals surface area contributed by atoms with Gasteiger partial charge >= 0.3 is 0 Å². The van der Waals surface area contributed by atoms with Gasteiger partial charge in [0.25, 0.3) is 0 Å². The average Bonchev–Trinajstić information content (AvgIpc) is 2.89. The Morgan fingerprint density at radius 3 is 2.35 bits per heavy atom. The van der Waals surface area contributed by atoms with Crippen molar-refractivity contribution in [3.05, 3.63) is 83.0 Å². The fourth-order valence-electron chi connectivity index (χ4n) is 5.04. The van der Waals surface area contributed by atoms with Crippen LogP contribution in [0.2, 0.25) is 0 Å². The van der Waals surface area contributed by atoms with Gasteiger partial charge in [-0.25, -0.2) is 8.78 Å². The van der Waals surface area contributed by atoms with E-state index in [4.69, 9.17) is 4.74 Å². The summed E-state index contributed by atoms with van der Waals surface area (Å²) in [4.78, 5) is 25.4. The lowest BCUT2D eigenvalue weighted by atomic mass is 9.84. The van der Waals surface area contributed by atoms with Crippen molar-refractivity contribution in [3.63, 3.8) is 0 Å². The van der Waals surface area contributed by atoms with Gasteiger partial charge in [0.15, 0.2) is 0 Å². The van der Waals surface area contributed by atoms with E-state index in [1.165, 1.54) is 18.2 Å². The molecule has 1 fully saturated rings. The standard InChI is InChI=1S/C21H35N3O3.C12H11F2OP/c1-15-8-16(10-17(9-15)27-7)20(4,5)23-18(25)11-21(22-6)13-24(14-21)12-19(2,3)26;1-8(7-15)5-12(16-2)10-4-3-9(13)6-11(10)14/h8-10,22,26H,11-14H2,1-7H3,(H,23,25);3-7,16H,1H2,2H3/b;12-5-. The maximum atomic E-state index is 13.4. The number of methoxy groups -OCH3 is 1. The van der Waals surface area contributed by atoms with Crippen LogP contribution in [0.3, 0.4) is 0 Å². The number of halogens is 2. The summed E-state index contributed by atoms with van der Waals surface area (Å²) in [5, 5.41) is 17.1. The molecule has 236 valence electrons. The summed E-state index contributed by atoms with van der Waals surface area (Å²) in [7, 11) is 3.84. The second kappa shape index (κ2) is 15.2. The van der Waals surface area contributed by atoms with Crippen LogP contribution in [0.1, 0.15) is 50.8 Å². The van der Waals surface area contributed by atoms with Gasteiger partial charge in [-0.15, -0.1) is 0 Å². The summed E-state index contributed by atoms with van der Waals surface area (Å²) in [6, 6.07) is 9.40. The molecule has 0 radical (unpaired) electrons. The van der Waals surface area contributed by atoms with Crippen LogP contribution in [-0.2, 0) is 15.1 Å². The molecule has 10 heteroatoms. The summed E-state index contributed by atoms with van der Waals surface area (Å²) >= 11 is 0. The molecule has 3 N–H and O–H groups in total. The van der Waals surface area contributed by atoms with E-state index in [9.17, 15) is 23.5 Å². The average molecular weight is 618 g/mol. The van der Waals surface area contributed by atoms with E-state index < -0.39 is 22.8 Å². The van der Waals surface area contributed by atoms with E-state index in [1.807, 2.05) is 46.6 Å². The van der Waals surface area contributed by atoms with Crippen LogP contribution in [0.4, 0.5) is 8.78 Å². The van der Waals surface area contributed by atoms with Crippen LogP contribution in [0, 0.1) is 18.6 Å². The summed E-state index contributed by atoms with van der Waals surface area (Å²) < 4.78 is 31.5. The minimum Gasteiger partial charge on any atom is -0.497 e. The Bertz CT molecular complexity index is 1330. The second-order valence-electron chi connectivity index (χ2n) is 12.2. The van der Waals surface area contributed by atoms with Gasteiger partial charge in [0.05, 0.1) is 23.8 Å². The molecule has 43 heavy (non-hydrogen) atoms. The molecule has 7 nitrogen and oxygen atoms in total. The van der Waals surface area contributed by atoms with Gasteiger partial charge in [-0.3, -0.25) is 14.5 Å². The number of nitrogens with one attached hydrogen (secondary N) is 2. The molecule has 1 aliphatic rings. The molecule has 0 spiro atoms. The van der Waals surface area contributed by atoms with E-state index >= 15 is 0 Å². The fraction of sp³-hybridized carbons (Fsp3) is 0.455. The number of β-amino-alcohol motifs (C(OH)–C–C–N with tert-alkyl or cyclic N) is 1. The summed E-state index contributed by atoms with van der Waals surface area (Å²) in [5.74, 6) is -0.438. The van der Waals surface area contributed by atoms with Gasteiger partial charge < -0.3 is 20.5 Å². The van der Waals surface area contributed by atoms with E-state index in [-0.39, 0.29) is 17.0 Å². The molecule has 2 aromatic carbocycles. The van der Waals surface area contributed by atoms with Crippen LogP contribution in [-0.4, -0.2) is 73.8 Å².